The quantitative estimate of drug-likeness (QED) is 0.771. The summed E-state index contributed by atoms with van der Waals surface area (Å²) in [7, 11) is 0. The molecule has 0 saturated heterocycles. The molecule has 0 spiro atoms. The second-order valence-electron chi connectivity index (χ2n) is 3.91. The van der Waals surface area contributed by atoms with Gasteiger partial charge in [-0.2, -0.15) is 0 Å². The first-order valence-corrected chi connectivity index (χ1v) is 5.36. The van der Waals surface area contributed by atoms with Crippen molar-refractivity contribution in [2.24, 2.45) is 5.73 Å². The summed E-state index contributed by atoms with van der Waals surface area (Å²) in [6, 6.07) is 2.29. The van der Waals surface area contributed by atoms with Crippen LogP contribution in [0.5, 0.6) is 0 Å². The van der Waals surface area contributed by atoms with E-state index in [1.165, 1.54) is 18.1 Å². The fraction of sp³-hybridized carbons (Fsp3) is 0.500. The van der Waals surface area contributed by atoms with E-state index in [1.54, 1.807) is 0 Å². The zero-order valence-electron chi connectivity index (χ0n) is 8.62. The van der Waals surface area contributed by atoms with Crippen LogP contribution in [-0.4, -0.2) is 6.04 Å². The van der Waals surface area contributed by atoms with E-state index >= 15 is 0 Å². The van der Waals surface area contributed by atoms with Gasteiger partial charge < -0.3 is 10.2 Å². The Bertz CT molecular complexity index is 416. The lowest BCUT2D eigenvalue weighted by atomic mass is 10.1. The van der Waals surface area contributed by atoms with E-state index < -0.39 is 0 Å². The molecule has 76 valence electrons. The number of hydrogen-bond donors (Lipinski definition) is 1. The maximum absolute atomic E-state index is 5.83. The third kappa shape index (κ3) is 1.90. The first kappa shape index (κ1) is 9.53. The van der Waals surface area contributed by atoms with Crippen molar-refractivity contribution in [1.29, 1.82) is 0 Å². The molecule has 1 aromatic heterocycles. The van der Waals surface area contributed by atoms with Gasteiger partial charge in [-0.25, -0.2) is 0 Å². The van der Waals surface area contributed by atoms with Crippen LogP contribution >= 0.6 is 0 Å². The van der Waals surface area contributed by atoms with Gasteiger partial charge in [-0.3, -0.25) is 0 Å². The van der Waals surface area contributed by atoms with Gasteiger partial charge in [0.2, 0.25) is 0 Å². The Morgan fingerprint density at radius 3 is 3.21 bits per heavy atom. The lowest BCUT2D eigenvalue weighted by Gasteiger charge is -2.02. The normalized spacial score (nSPS) is 19.7. The van der Waals surface area contributed by atoms with Crippen LogP contribution < -0.4 is 16.4 Å². The monoisotopic (exact) mass is 191 g/mol. The Hall–Kier alpha value is -1.02. The van der Waals surface area contributed by atoms with Gasteiger partial charge in [-0.15, -0.1) is 0 Å². The van der Waals surface area contributed by atoms with Gasteiger partial charge in [-0.05, 0) is 25.0 Å². The second kappa shape index (κ2) is 4.01. The van der Waals surface area contributed by atoms with E-state index in [-0.39, 0.29) is 6.04 Å². The van der Waals surface area contributed by atoms with Crippen LogP contribution in [0.3, 0.4) is 0 Å². The van der Waals surface area contributed by atoms with Gasteiger partial charge in [0.15, 0.2) is 0 Å². The molecule has 1 aliphatic rings. The summed E-state index contributed by atoms with van der Waals surface area (Å²) < 4.78 is 5.71. The Balaban J connectivity index is 2.28. The fourth-order valence-corrected chi connectivity index (χ4v) is 1.78. The molecular weight excluding hydrogens is 174 g/mol. The lowest BCUT2D eigenvalue weighted by molar-refractivity contribution is 0.470. The number of hydrogen-bond acceptors (Lipinski definition) is 2. The Kier molecular flexibility index (Phi) is 2.73. The van der Waals surface area contributed by atoms with Crippen LogP contribution in [0.4, 0.5) is 0 Å². The average Bonchev–Trinajstić information content (AvgIpc) is 2.56. The second-order valence-corrected chi connectivity index (χ2v) is 3.91. The molecule has 0 saturated carbocycles. The Labute approximate surface area is 84.1 Å². The van der Waals surface area contributed by atoms with Gasteiger partial charge in [0.25, 0.3) is 0 Å². The van der Waals surface area contributed by atoms with Crippen LogP contribution in [0.2, 0.25) is 0 Å². The molecule has 0 aliphatic heterocycles. The van der Waals surface area contributed by atoms with Gasteiger partial charge >= 0.3 is 0 Å². The van der Waals surface area contributed by atoms with E-state index in [1.807, 2.05) is 0 Å². The molecule has 0 fully saturated rings. The number of rotatable bonds is 3. The SMILES string of the molecule is CCCCc1cc2c(o1)=CCC(N)C=2. The Morgan fingerprint density at radius 2 is 2.43 bits per heavy atom. The number of nitrogens with two attached hydrogens (primary N) is 1. The van der Waals surface area contributed by atoms with Crippen LogP contribution in [0.15, 0.2) is 10.5 Å². The standard InChI is InChI=1S/C12H17NO/c1-2-3-4-11-8-9-7-10(13)5-6-12(9)14-11/h6-8,10H,2-5,13H2,1H3. The first-order valence-electron chi connectivity index (χ1n) is 5.36. The average molecular weight is 191 g/mol. The van der Waals surface area contributed by atoms with Gasteiger partial charge in [0.05, 0.1) is 0 Å². The molecule has 1 unspecified atom stereocenters. The summed E-state index contributed by atoms with van der Waals surface area (Å²) in [6.45, 7) is 2.19. The summed E-state index contributed by atoms with van der Waals surface area (Å²) in [5, 5.41) is 1.18. The summed E-state index contributed by atoms with van der Waals surface area (Å²) >= 11 is 0. The molecule has 1 heterocycles. The van der Waals surface area contributed by atoms with Crippen LogP contribution in [-0.2, 0) is 6.42 Å². The molecule has 1 atom stereocenters. The summed E-state index contributed by atoms with van der Waals surface area (Å²) in [4.78, 5) is 0. The summed E-state index contributed by atoms with van der Waals surface area (Å²) in [5.41, 5.74) is 6.84. The van der Waals surface area contributed by atoms with Crippen LogP contribution in [0, 0.1) is 0 Å². The maximum atomic E-state index is 5.83. The van der Waals surface area contributed by atoms with Crippen molar-refractivity contribution in [3.05, 3.63) is 22.5 Å². The van der Waals surface area contributed by atoms with Gasteiger partial charge in [-0.1, -0.05) is 19.4 Å². The molecule has 0 aromatic carbocycles. The smallest absolute Gasteiger partial charge is 0.130 e. The molecule has 1 aromatic rings. The first-order chi connectivity index (χ1) is 6.79. The molecule has 14 heavy (non-hydrogen) atoms. The van der Waals surface area contributed by atoms with Crippen molar-refractivity contribution < 1.29 is 4.42 Å². The van der Waals surface area contributed by atoms with E-state index in [0.29, 0.717) is 0 Å². The van der Waals surface area contributed by atoms with Crippen LogP contribution in [0.25, 0.3) is 12.2 Å². The molecule has 0 amide bonds. The van der Waals surface area contributed by atoms with E-state index in [4.69, 9.17) is 10.2 Å². The van der Waals surface area contributed by atoms with Gasteiger partial charge in [0, 0.05) is 17.7 Å². The summed E-state index contributed by atoms with van der Waals surface area (Å²) in [6.07, 6.45) is 8.52. The third-order valence-corrected chi connectivity index (χ3v) is 2.59. The highest BCUT2D eigenvalue weighted by Gasteiger charge is 2.06. The zero-order valence-corrected chi connectivity index (χ0v) is 8.62. The lowest BCUT2D eigenvalue weighted by Crippen LogP contribution is -2.30. The predicted octanol–water partition coefficient (Wildman–Crippen LogP) is 0.914. The zero-order chi connectivity index (χ0) is 9.97. The van der Waals surface area contributed by atoms with E-state index in [9.17, 15) is 0 Å². The minimum absolute atomic E-state index is 0.166. The molecule has 2 N–H and O–H groups in total. The van der Waals surface area contributed by atoms with E-state index in [2.05, 4.69) is 25.1 Å². The minimum Gasteiger partial charge on any atom is -0.461 e. The topological polar surface area (TPSA) is 39.2 Å². The predicted molar refractivity (Wildman–Crippen MR) is 58.1 cm³/mol. The molecule has 2 nitrogen and oxygen atoms in total. The molecule has 0 bridgehead atoms. The summed E-state index contributed by atoms with van der Waals surface area (Å²) in [5.74, 6) is 1.10. The maximum Gasteiger partial charge on any atom is 0.130 e. The molecule has 2 heteroatoms. The van der Waals surface area contributed by atoms with Crippen molar-refractivity contribution in [1.82, 2.24) is 0 Å². The molecule has 2 rings (SSSR count). The number of fused-ring (bicyclic) bond motifs is 1. The van der Waals surface area contributed by atoms with Crippen molar-refractivity contribution in [3.8, 4) is 0 Å². The fourth-order valence-electron chi connectivity index (χ4n) is 1.78. The van der Waals surface area contributed by atoms with Crippen molar-refractivity contribution in [2.75, 3.05) is 0 Å². The van der Waals surface area contributed by atoms with Gasteiger partial charge in [0.1, 0.15) is 11.2 Å². The van der Waals surface area contributed by atoms with E-state index in [0.717, 1.165) is 24.0 Å². The number of unbranched alkanes of at least 4 members (excludes halogenated alkanes) is 1. The number of aryl methyl sites for hydroxylation is 1. The Morgan fingerprint density at radius 1 is 1.57 bits per heavy atom. The van der Waals surface area contributed by atoms with Crippen molar-refractivity contribution >= 4 is 12.2 Å². The van der Waals surface area contributed by atoms with Crippen LogP contribution in [0.1, 0.15) is 31.9 Å². The highest BCUT2D eigenvalue weighted by molar-refractivity contribution is 5.40. The highest BCUT2D eigenvalue weighted by Crippen LogP contribution is 2.02. The molecule has 0 radical (unpaired) electrons. The third-order valence-electron chi connectivity index (χ3n) is 2.59. The van der Waals surface area contributed by atoms with Crippen molar-refractivity contribution in [2.45, 2.75) is 38.6 Å². The number of furan rings is 1. The molecular formula is C12H17NO. The largest absolute Gasteiger partial charge is 0.461 e. The molecule has 1 aliphatic carbocycles. The minimum atomic E-state index is 0.166. The van der Waals surface area contributed by atoms with Crippen molar-refractivity contribution in [3.63, 3.8) is 0 Å². The highest BCUT2D eigenvalue weighted by atomic mass is 16.3.